The third-order valence-corrected chi connectivity index (χ3v) is 5.49. The lowest BCUT2D eigenvalue weighted by molar-refractivity contribution is -0.139. The molecule has 2 aromatic heterocycles. The van der Waals surface area contributed by atoms with E-state index in [9.17, 15) is 24.2 Å². The van der Waals surface area contributed by atoms with Crippen molar-refractivity contribution in [2.45, 2.75) is 18.9 Å². The lowest BCUT2D eigenvalue weighted by atomic mass is 9.99. The number of hydrogen-bond donors (Lipinski definition) is 4. The fourth-order valence-corrected chi connectivity index (χ4v) is 3.90. The Labute approximate surface area is 194 Å². The summed E-state index contributed by atoms with van der Waals surface area (Å²) in [5, 5.41) is 25.9. The smallest absolute Gasteiger partial charge is 0.321 e. The number of carbonyl (C=O) groups is 2. The van der Waals surface area contributed by atoms with Crippen LogP contribution in [0.1, 0.15) is 21.7 Å². The first kappa shape index (κ1) is 23.1. The lowest BCUT2D eigenvalue weighted by Gasteiger charge is -2.14. The zero-order valence-corrected chi connectivity index (χ0v) is 18.3. The van der Waals surface area contributed by atoms with Crippen molar-refractivity contribution in [2.24, 2.45) is 0 Å². The van der Waals surface area contributed by atoms with E-state index in [0.29, 0.717) is 34.3 Å². The second-order valence-corrected chi connectivity index (χ2v) is 7.75. The average Bonchev–Trinajstić information content (AvgIpc) is 3.46. The molecule has 1 amide bonds. The zero-order valence-electron chi connectivity index (χ0n) is 18.3. The van der Waals surface area contributed by atoms with E-state index in [2.05, 4.69) is 10.6 Å². The number of fused-ring (bicyclic) bond motifs is 1. The molecule has 34 heavy (non-hydrogen) atoms. The summed E-state index contributed by atoms with van der Waals surface area (Å²) in [6.07, 6.45) is 1.95. The molecular formula is C25H23FN2O6. The molecule has 0 fully saturated rings. The number of rotatable bonds is 9. The molecule has 0 aliphatic carbocycles. The summed E-state index contributed by atoms with van der Waals surface area (Å²) in [6.45, 7) is 0.250. The third kappa shape index (κ3) is 4.79. The maximum atomic E-state index is 13.4. The van der Waals surface area contributed by atoms with Crippen molar-refractivity contribution >= 4 is 22.8 Å². The highest BCUT2D eigenvalue weighted by Crippen LogP contribution is 2.37. The molecule has 1 atom stereocenters. The van der Waals surface area contributed by atoms with E-state index < -0.39 is 23.7 Å². The fourth-order valence-electron chi connectivity index (χ4n) is 3.90. The minimum atomic E-state index is -1.02. The Morgan fingerprint density at radius 3 is 2.56 bits per heavy atom. The molecule has 0 aliphatic heterocycles. The third-order valence-electron chi connectivity index (χ3n) is 5.49. The molecule has 0 unspecified atom stereocenters. The standard InChI is InChI=1S/C25H23FN2O6/c1-27-24(30)22-21-15(8-9-28-19(25(31)32)13-18-3-2-10-33-18)11-17(29)12-20(21)34-23(22)14-4-6-16(26)7-5-14/h2-7,10-12,19,28-29H,8-9,13H2,1H3,(H,27,30)(H,31,32)/t19-/m0/s1. The molecule has 9 heteroatoms. The van der Waals surface area contributed by atoms with Gasteiger partial charge in [0.1, 0.15) is 34.7 Å². The van der Waals surface area contributed by atoms with Crippen LogP contribution in [0.5, 0.6) is 5.75 Å². The first-order valence-electron chi connectivity index (χ1n) is 10.6. The largest absolute Gasteiger partial charge is 0.508 e. The summed E-state index contributed by atoms with van der Waals surface area (Å²) in [6, 6.07) is 11.0. The van der Waals surface area contributed by atoms with Crippen molar-refractivity contribution in [1.82, 2.24) is 10.6 Å². The molecule has 4 aromatic rings. The van der Waals surface area contributed by atoms with Crippen LogP contribution in [0.4, 0.5) is 4.39 Å². The van der Waals surface area contributed by atoms with Crippen molar-refractivity contribution in [3.8, 4) is 17.1 Å². The van der Waals surface area contributed by atoms with Crippen molar-refractivity contribution < 1.29 is 33.0 Å². The second kappa shape index (κ2) is 9.80. The molecule has 0 saturated carbocycles. The van der Waals surface area contributed by atoms with Crippen molar-refractivity contribution in [3.05, 3.63) is 77.5 Å². The van der Waals surface area contributed by atoms with Crippen LogP contribution in [0.3, 0.4) is 0 Å². The topological polar surface area (TPSA) is 125 Å². The number of halogens is 1. The summed E-state index contributed by atoms with van der Waals surface area (Å²) in [5.41, 5.74) is 1.65. The van der Waals surface area contributed by atoms with E-state index in [4.69, 9.17) is 8.83 Å². The van der Waals surface area contributed by atoms with Crippen LogP contribution in [0, 0.1) is 5.82 Å². The normalized spacial score (nSPS) is 12.1. The molecule has 4 N–H and O–H groups in total. The predicted octanol–water partition coefficient (Wildman–Crippen LogP) is 3.73. The highest BCUT2D eigenvalue weighted by molar-refractivity contribution is 6.12. The van der Waals surface area contributed by atoms with Crippen LogP contribution >= 0.6 is 0 Å². The number of furan rings is 2. The van der Waals surface area contributed by atoms with Crippen LogP contribution in [0.15, 0.2) is 63.6 Å². The maximum Gasteiger partial charge on any atom is 0.321 e. The highest BCUT2D eigenvalue weighted by atomic mass is 19.1. The summed E-state index contributed by atoms with van der Waals surface area (Å²) in [4.78, 5) is 24.5. The molecule has 0 bridgehead atoms. The van der Waals surface area contributed by atoms with E-state index >= 15 is 0 Å². The van der Waals surface area contributed by atoms with Gasteiger partial charge in [-0.3, -0.25) is 9.59 Å². The van der Waals surface area contributed by atoms with Gasteiger partial charge in [-0.05, 0) is 54.4 Å². The van der Waals surface area contributed by atoms with Gasteiger partial charge in [0, 0.05) is 37.0 Å². The summed E-state index contributed by atoms with van der Waals surface area (Å²) in [7, 11) is 1.49. The van der Waals surface area contributed by atoms with E-state index in [1.807, 2.05) is 0 Å². The summed E-state index contributed by atoms with van der Waals surface area (Å²) < 4.78 is 24.6. The molecule has 176 valence electrons. The van der Waals surface area contributed by atoms with E-state index in [-0.39, 0.29) is 30.0 Å². The van der Waals surface area contributed by atoms with E-state index in [1.54, 1.807) is 12.1 Å². The Morgan fingerprint density at radius 1 is 1.15 bits per heavy atom. The van der Waals surface area contributed by atoms with Gasteiger partial charge in [0.15, 0.2) is 0 Å². The van der Waals surface area contributed by atoms with Gasteiger partial charge in [0.05, 0.1) is 11.8 Å². The Bertz CT molecular complexity index is 1310. The van der Waals surface area contributed by atoms with E-state index in [0.717, 1.165) is 0 Å². The van der Waals surface area contributed by atoms with Crippen molar-refractivity contribution in [1.29, 1.82) is 0 Å². The molecular weight excluding hydrogens is 443 g/mol. The number of nitrogens with one attached hydrogen (secondary N) is 2. The minimum absolute atomic E-state index is 0.0595. The predicted molar refractivity (Wildman–Crippen MR) is 122 cm³/mol. The molecule has 2 heterocycles. The molecule has 0 aliphatic rings. The Morgan fingerprint density at radius 2 is 1.91 bits per heavy atom. The highest BCUT2D eigenvalue weighted by Gasteiger charge is 2.25. The number of aliphatic carboxylic acids is 1. The van der Waals surface area contributed by atoms with Gasteiger partial charge in [0.2, 0.25) is 0 Å². The summed E-state index contributed by atoms with van der Waals surface area (Å²) >= 11 is 0. The van der Waals surface area contributed by atoms with Crippen LogP contribution < -0.4 is 10.6 Å². The molecule has 0 radical (unpaired) electrons. The van der Waals surface area contributed by atoms with E-state index in [1.165, 1.54) is 49.7 Å². The Balaban J connectivity index is 1.67. The zero-order chi connectivity index (χ0) is 24.2. The minimum Gasteiger partial charge on any atom is -0.508 e. The molecule has 8 nitrogen and oxygen atoms in total. The van der Waals surface area contributed by atoms with Crippen LogP contribution in [0.25, 0.3) is 22.3 Å². The van der Waals surface area contributed by atoms with Crippen LogP contribution in [0.2, 0.25) is 0 Å². The number of phenols is 1. The monoisotopic (exact) mass is 466 g/mol. The molecule has 0 spiro atoms. The van der Waals surface area contributed by atoms with Crippen LogP contribution in [-0.2, 0) is 17.6 Å². The number of aromatic hydroxyl groups is 1. The van der Waals surface area contributed by atoms with Gasteiger partial charge in [-0.1, -0.05) is 0 Å². The quantitative estimate of drug-likeness (QED) is 0.296. The molecule has 0 saturated heterocycles. The number of hydrogen-bond acceptors (Lipinski definition) is 6. The lowest BCUT2D eigenvalue weighted by Crippen LogP contribution is -2.39. The molecule has 4 rings (SSSR count). The fraction of sp³-hybridized carbons (Fsp3) is 0.200. The summed E-state index contributed by atoms with van der Waals surface area (Å²) in [5.74, 6) is -1.12. The number of benzene rings is 2. The molecule has 2 aromatic carbocycles. The number of amides is 1. The number of phenolic OH excluding ortho intramolecular Hbond substituents is 1. The van der Waals surface area contributed by atoms with Gasteiger partial charge in [-0.25, -0.2) is 4.39 Å². The van der Waals surface area contributed by atoms with Crippen LogP contribution in [-0.4, -0.2) is 41.7 Å². The Kier molecular flexibility index (Phi) is 6.65. The van der Waals surface area contributed by atoms with Gasteiger partial charge < -0.3 is 29.7 Å². The average molecular weight is 466 g/mol. The first-order chi connectivity index (χ1) is 16.4. The van der Waals surface area contributed by atoms with Crippen molar-refractivity contribution in [3.63, 3.8) is 0 Å². The van der Waals surface area contributed by atoms with Gasteiger partial charge in [-0.15, -0.1) is 0 Å². The maximum absolute atomic E-state index is 13.4. The van der Waals surface area contributed by atoms with Crippen molar-refractivity contribution in [2.75, 3.05) is 13.6 Å². The number of carboxylic acid groups (broad SMARTS) is 1. The van der Waals surface area contributed by atoms with Gasteiger partial charge in [0.25, 0.3) is 5.91 Å². The first-order valence-corrected chi connectivity index (χ1v) is 10.6. The number of carboxylic acids is 1. The second-order valence-electron chi connectivity index (χ2n) is 7.75. The SMILES string of the molecule is CNC(=O)c1c(-c2ccc(F)cc2)oc2cc(O)cc(CCN[C@@H](Cc3ccco3)C(=O)O)c12. The van der Waals surface area contributed by atoms with Gasteiger partial charge >= 0.3 is 5.97 Å². The Hall–Kier alpha value is -4.11. The van der Waals surface area contributed by atoms with Gasteiger partial charge in [-0.2, -0.15) is 0 Å². The number of carbonyl (C=O) groups excluding carboxylic acids is 1.